The number of aromatic nitrogens is 1. The predicted octanol–water partition coefficient (Wildman–Crippen LogP) is 7.63. The number of halogens is 3. The second kappa shape index (κ2) is 11.2. The Morgan fingerprint density at radius 3 is 2.40 bits per heavy atom. The summed E-state index contributed by atoms with van der Waals surface area (Å²) in [4.78, 5) is 30.3. The Morgan fingerprint density at radius 1 is 1.00 bits per heavy atom. The Hall–Kier alpha value is -2.91. The number of hydrogen-bond acceptors (Lipinski definition) is 5. The summed E-state index contributed by atoms with van der Waals surface area (Å²) in [5.74, 6) is -0.921. The highest BCUT2D eigenvalue weighted by molar-refractivity contribution is 8.00. The Bertz CT molecular complexity index is 1360. The third kappa shape index (κ3) is 6.61. The van der Waals surface area contributed by atoms with Crippen LogP contribution in [-0.2, 0) is 4.79 Å². The molecule has 1 aromatic heterocycles. The highest BCUT2D eigenvalue weighted by atomic mass is 35.5. The minimum absolute atomic E-state index is 0.188. The molecule has 35 heavy (non-hydrogen) atoms. The van der Waals surface area contributed by atoms with Gasteiger partial charge in [-0.25, -0.2) is 9.37 Å². The maximum Gasteiger partial charge on any atom is 0.255 e. The zero-order valence-corrected chi connectivity index (χ0v) is 21.4. The summed E-state index contributed by atoms with van der Waals surface area (Å²) >= 11 is 14.9. The van der Waals surface area contributed by atoms with Gasteiger partial charge in [-0.1, -0.05) is 23.2 Å². The molecular weight excluding hydrogens is 528 g/mol. The summed E-state index contributed by atoms with van der Waals surface area (Å²) in [6.45, 7) is 1.80. The van der Waals surface area contributed by atoms with E-state index in [1.807, 2.05) is 17.5 Å². The minimum Gasteiger partial charge on any atom is -0.322 e. The lowest BCUT2D eigenvalue weighted by atomic mass is 10.2. The van der Waals surface area contributed by atoms with E-state index in [-0.39, 0.29) is 17.1 Å². The van der Waals surface area contributed by atoms with Gasteiger partial charge in [0.2, 0.25) is 5.91 Å². The number of nitrogens with zero attached hydrogens (tertiary/aromatic N) is 1. The number of carbonyl (C=O) groups excluding carboxylic acids is 2. The van der Waals surface area contributed by atoms with Crippen molar-refractivity contribution in [1.29, 1.82) is 0 Å². The molecule has 178 valence electrons. The lowest BCUT2D eigenvalue weighted by molar-refractivity contribution is -0.115. The monoisotopic (exact) mass is 545 g/mol. The predicted molar refractivity (Wildman–Crippen MR) is 142 cm³/mol. The van der Waals surface area contributed by atoms with E-state index in [1.165, 1.54) is 47.4 Å². The van der Waals surface area contributed by atoms with E-state index >= 15 is 0 Å². The molecule has 1 heterocycles. The van der Waals surface area contributed by atoms with Crippen LogP contribution in [0.25, 0.3) is 11.3 Å². The van der Waals surface area contributed by atoms with E-state index in [4.69, 9.17) is 23.2 Å². The average Bonchev–Trinajstić information content (AvgIpc) is 3.28. The summed E-state index contributed by atoms with van der Waals surface area (Å²) < 4.78 is 13.0. The molecule has 4 aromatic rings. The van der Waals surface area contributed by atoms with E-state index in [9.17, 15) is 14.0 Å². The van der Waals surface area contributed by atoms with Crippen LogP contribution in [0.1, 0.15) is 17.3 Å². The Morgan fingerprint density at radius 2 is 1.71 bits per heavy atom. The van der Waals surface area contributed by atoms with Gasteiger partial charge >= 0.3 is 0 Å². The lowest BCUT2D eigenvalue weighted by Gasteiger charge is -2.11. The summed E-state index contributed by atoms with van der Waals surface area (Å²) in [5.41, 5.74) is 2.35. The van der Waals surface area contributed by atoms with Crippen molar-refractivity contribution in [3.63, 3.8) is 0 Å². The van der Waals surface area contributed by atoms with Crippen LogP contribution in [0.15, 0.2) is 77.0 Å². The van der Waals surface area contributed by atoms with E-state index in [0.29, 0.717) is 32.1 Å². The van der Waals surface area contributed by atoms with Crippen LogP contribution in [0, 0.1) is 5.82 Å². The Labute approximate surface area is 219 Å². The van der Waals surface area contributed by atoms with Gasteiger partial charge in [-0.05, 0) is 73.7 Å². The lowest BCUT2D eigenvalue weighted by Crippen LogP contribution is -2.22. The quantitative estimate of drug-likeness (QED) is 0.234. The zero-order valence-electron chi connectivity index (χ0n) is 18.2. The second-order valence-corrected chi connectivity index (χ2v) is 10.5. The topological polar surface area (TPSA) is 71.1 Å². The van der Waals surface area contributed by atoms with Gasteiger partial charge in [0.1, 0.15) is 5.82 Å². The molecule has 0 aliphatic rings. The molecule has 5 nitrogen and oxygen atoms in total. The molecule has 0 saturated carbocycles. The molecular formula is C25H18Cl2FN3O2S2. The Kier molecular flexibility index (Phi) is 8.07. The van der Waals surface area contributed by atoms with Crippen LogP contribution in [0.2, 0.25) is 10.0 Å². The maximum absolute atomic E-state index is 13.0. The van der Waals surface area contributed by atoms with Crippen molar-refractivity contribution in [2.45, 2.75) is 17.1 Å². The van der Waals surface area contributed by atoms with E-state index in [2.05, 4.69) is 15.6 Å². The molecule has 4 rings (SSSR count). The second-order valence-electron chi connectivity index (χ2n) is 7.40. The van der Waals surface area contributed by atoms with Crippen LogP contribution >= 0.6 is 46.3 Å². The van der Waals surface area contributed by atoms with Crippen molar-refractivity contribution >= 4 is 68.9 Å². The molecule has 0 radical (unpaired) electrons. The summed E-state index contributed by atoms with van der Waals surface area (Å²) in [6.07, 6.45) is 0. The van der Waals surface area contributed by atoms with Crippen LogP contribution in [0.3, 0.4) is 0 Å². The SMILES string of the molecule is CC(Sc1ccc(NC(=O)c2ccc(F)cc2)cc1)C(=O)Nc1nc(-c2ccc(Cl)cc2Cl)cs1. The number of anilines is 2. The number of amides is 2. The smallest absolute Gasteiger partial charge is 0.255 e. The summed E-state index contributed by atoms with van der Waals surface area (Å²) in [7, 11) is 0. The van der Waals surface area contributed by atoms with Crippen LogP contribution in [0.4, 0.5) is 15.2 Å². The molecule has 0 aliphatic heterocycles. The molecule has 1 atom stereocenters. The van der Waals surface area contributed by atoms with Crippen molar-refractivity contribution in [1.82, 2.24) is 4.98 Å². The number of thiazole rings is 1. The van der Waals surface area contributed by atoms with E-state index in [0.717, 1.165) is 10.5 Å². The zero-order chi connectivity index (χ0) is 24.9. The third-order valence-corrected chi connectivity index (χ3v) is 7.26. The number of carbonyl (C=O) groups is 2. The maximum atomic E-state index is 13.0. The first-order valence-electron chi connectivity index (χ1n) is 10.3. The molecule has 1 unspecified atom stereocenters. The van der Waals surface area contributed by atoms with Crippen LogP contribution in [-0.4, -0.2) is 22.0 Å². The van der Waals surface area contributed by atoms with Gasteiger partial charge in [-0.3, -0.25) is 9.59 Å². The summed E-state index contributed by atoms with van der Waals surface area (Å²) in [5, 5.41) is 8.53. The number of rotatable bonds is 7. The first-order chi connectivity index (χ1) is 16.8. The molecule has 0 bridgehead atoms. The first kappa shape index (κ1) is 25.2. The van der Waals surface area contributed by atoms with Crippen molar-refractivity contribution in [2.75, 3.05) is 10.6 Å². The van der Waals surface area contributed by atoms with Gasteiger partial charge in [-0.15, -0.1) is 23.1 Å². The number of hydrogen-bond donors (Lipinski definition) is 2. The average molecular weight is 546 g/mol. The third-order valence-electron chi connectivity index (χ3n) is 4.84. The van der Waals surface area contributed by atoms with Gasteiger partial charge < -0.3 is 10.6 Å². The molecule has 10 heteroatoms. The first-order valence-corrected chi connectivity index (χ1v) is 12.9. The van der Waals surface area contributed by atoms with Crippen molar-refractivity contribution < 1.29 is 14.0 Å². The summed E-state index contributed by atoms with van der Waals surface area (Å²) in [6, 6.07) is 17.6. The Balaban J connectivity index is 1.32. The normalized spacial score (nSPS) is 11.7. The fourth-order valence-corrected chi connectivity index (χ4v) is 5.12. The van der Waals surface area contributed by atoms with E-state index in [1.54, 1.807) is 37.3 Å². The van der Waals surface area contributed by atoms with Crippen molar-refractivity contribution in [3.05, 3.63) is 93.5 Å². The number of nitrogens with one attached hydrogen (secondary N) is 2. The van der Waals surface area contributed by atoms with E-state index < -0.39 is 5.82 Å². The van der Waals surface area contributed by atoms with Gasteiger partial charge in [0, 0.05) is 32.1 Å². The molecule has 0 aliphatic carbocycles. The van der Waals surface area contributed by atoms with Gasteiger partial charge in [0.05, 0.1) is 16.0 Å². The van der Waals surface area contributed by atoms with Crippen LogP contribution < -0.4 is 10.6 Å². The minimum atomic E-state index is -0.401. The molecule has 3 aromatic carbocycles. The number of benzene rings is 3. The molecule has 2 amide bonds. The van der Waals surface area contributed by atoms with Gasteiger partial charge in [-0.2, -0.15) is 0 Å². The highest BCUT2D eigenvalue weighted by Gasteiger charge is 2.17. The largest absolute Gasteiger partial charge is 0.322 e. The fraction of sp³-hybridized carbons (Fsp3) is 0.0800. The molecule has 0 saturated heterocycles. The standard InChI is InChI=1S/C25H18Cl2FN3O2S2/c1-14(23(32)31-25-30-22(13-34-25)20-11-4-16(26)12-21(20)27)35-19-9-7-18(8-10-19)29-24(33)15-2-5-17(28)6-3-15/h2-14H,1H3,(H,29,33)(H,30,31,32). The van der Waals surface area contributed by atoms with Gasteiger partial charge in [0.25, 0.3) is 5.91 Å². The van der Waals surface area contributed by atoms with Crippen molar-refractivity contribution in [3.8, 4) is 11.3 Å². The van der Waals surface area contributed by atoms with Crippen LogP contribution in [0.5, 0.6) is 0 Å². The van der Waals surface area contributed by atoms with Gasteiger partial charge in [0.15, 0.2) is 5.13 Å². The molecule has 0 spiro atoms. The fourth-order valence-electron chi connectivity index (χ4n) is 3.04. The molecule has 0 fully saturated rings. The van der Waals surface area contributed by atoms with Crippen molar-refractivity contribution in [2.24, 2.45) is 0 Å². The molecule has 2 N–H and O–H groups in total. The highest BCUT2D eigenvalue weighted by Crippen LogP contribution is 2.33. The number of thioether (sulfide) groups is 1.